The van der Waals surface area contributed by atoms with Gasteiger partial charge in [0.25, 0.3) is 0 Å². The molecule has 19 heavy (non-hydrogen) atoms. The van der Waals surface area contributed by atoms with Crippen molar-refractivity contribution >= 4 is 6.21 Å². The van der Waals surface area contributed by atoms with Crippen LogP contribution in [-0.4, -0.2) is 31.3 Å². The van der Waals surface area contributed by atoms with Gasteiger partial charge < -0.3 is 4.90 Å². The summed E-state index contributed by atoms with van der Waals surface area (Å²) in [5.74, 6) is 4.40. The molecule has 0 aromatic carbocycles. The van der Waals surface area contributed by atoms with Crippen molar-refractivity contribution in [1.29, 1.82) is 0 Å². The molecule has 0 spiro atoms. The van der Waals surface area contributed by atoms with Gasteiger partial charge in [-0.3, -0.25) is 4.99 Å². The molecule has 0 amide bonds. The van der Waals surface area contributed by atoms with Crippen LogP contribution >= 0.6 is 0 Å². The molecule has 2 atom stereocenters. The first kappa shape index (κ1) is 17.9. The molecule has 2 heteroatoms. The summed E-state index contributed by atoms with van der Waals surface area (Å²) < 4.78 is 0. The number of rotatable bonds is 9. The Bertz CT molecular complexity index is 310. The highest BCUT2D eigenvalue weighted by molar-refractivity contribution is 5.61. The number of aliphatic imine (C=N–C) groups is 1. The third-order valence-electron chi connectivity index (χ3n) is 2.90. The molecule has 108 valence electrons. The third-order valence-corrected chi connectivity index (χ3v) is 2.90. The van der Waals surface area contributed by atoms with Crippen LogP contribution in [-0.2, 0) is 0 Å². The standard InChI is InChI=1S/C17H30N2/c1-7-8-9-16(4)13-19(6)14-17(5)12-18-11-10-15(2)3/h1,10-12,15-17H,8-9,13-14H2,2-6H3/b11-10-,18-12?/t16-,17-/m0/s1. The maximum absolute atomic E-state index is 5.29. The fourth-order valence-corrected chi connectivity index (χ4v) is 1.98. The summed E-state index contributed by atoms with van der Waals surface area (Å²) in [6.45, 7) is 10.9. The van der Waals surface area contributed by atoms with Crippen LogP contribution in [0.4, 0.5) is 0 Å². The molecule has 0 aliphatic rings. The van der Waals surface area contributed by atoms with Gasteiger partial charge in [-0.2, -0.15) is 0 Å². The van der Waals surface area contributed by atoms with Crippen LogP contribution in [0.25, 0.3) is 0 Å². The molecule has 0 aliphatic carbocycles. The quantitative estimate of drug-likeness (QED) is 0.455. The topological polar surface area (TPSA) is 15.6 Å². The van der Waals surface area contributed by atoms with E-state index in [0.29, 0.717) is 17.8 Å². The smallest absolute Gasteiger partial charge is 0.0226 e. The van der Waals surface area contributed by atoms with E-state index in [9.17, 15) is 0 Å². The van der Waals surface area contributed by atoms with Gasteiger partial charge in [-0.15, -0.1) is 12.3 Å². The number of allylic oxidation sites excluding steroid dienone is 1. The summed E-state index contributed by atoms with van der Waals surface area (Å²) in [6.07, 6.45) is 13.3. The summed E-state index contributed by atoms with van der Waals surface area (Å²) in [4.78, 5) is 6.70. The Morgan fingerprint density at radius 3 is 2.47 bits per heavy atom. The van der Waals surface area contributed by atoms with Crippen LogP contribution < -0.4 is 0 Å². The lowest BCUT2D eigenvalue weighted by molar-refractivity contribution is 0.267. The molecule has 0 N–H and O–H groups in total. The van der Waals surface area contributed by atoms with Crippen LogP contribution in [0.2, 0.25) is 0 Å². The molecule has 0 aromatic rings. The van der Waals surface area contributed by atoms with Crippen LogP contribution in [0.3, 0.4) is 0 Å². The molecule has 0 saturated heterocycles. The van der Waals surface area contributed by atoms with E-state index >= 15 is 0 Å². The zero-order valence-corrected chi connectivity index (χ0v) is 13.3. The minimum absolute atomic E-state index is 0.474. The Hall–Kier alpha value is -1.07. The molecule has 0 saturated carbocycles. The van der Waals surface area contributed by atoms with E-state index in [1.807, 2.05) is 12.4 Å². The molecule has 0 rings (SSSR count). The SMILES string of the molecule is C#CCC[C@H](C)CN(C)C[C@@H](C)C=N/C=C\C(C)C. The van der Waals surface area contributed by atoms with Gasteiger partial charge in [0.2, 0.25) is 0 Å². The van der Waals surface area contributed by atoms with Crippen molar-refractivity contribution in [3.05, 3.63) is 12.3 Å². The van der Waals surface area contributed by atoms with Gasteiger partial charge in [0.05, 0.1) is 0 Å². The van der Waals surface area contributed by atoms with E-state index in [0.717, 1.165) is 25.9 Å². The first-order valence-corrected chi connectivity index (χ1v) is 7.27. The molecule has 0 aromatic heterocycles. The first-order valence-electron chi connectivity index (χ1n) is 7.27. The third kappa shape index (κ3) is 11.7. The second-order valence-corrected chi connectivity index (χ2v) is 5.93. The van der Waals surface area contributed by atoms with Crippen molar-refractivity contribution in [3.8, 4) is 12.3 Å². The van der Waals surface area contributed by atoms with E-state index in [1.165, 1.54) is 0 Å². The fraction of sp³-hybridized carbons (Fsp3) is 0.706. The highest BCUT2D eigenvalue weighted by Gasteiger charge is 2.08. The van der Waals surface area contributed by atoms with Gasteiger partial charge in [-0.25, -0.2) is 0 Å². The molecule has 2 nitrogen and oxygen atoms in total. The van der Waals surface area contributed by atoms with Gasteiger partial charge in [-0.1, -0.05) is 33.8 Å². The van der Waals surface area contributed by atoms with Gasteiger partial charge in [0, 0.05) is 37.8 Å². The van der Waals surface area contributed by atoms with Crippen molar-refractivity contribution in [3.63, 3.8) is 0 Å². The van der Waals surface area contributed by atoms with Crippen molar-refractivity contribution in [2.45, 2.75) is 40.5 Å². The summed E-state index contributed by atoms with van der Waals surface area (Å²) in [6, 6.07) is 0. The monoisotopic (exact) mass is 262 g/mol. The summed E-state index contributed by atoms with van der Waals surface area (Å²) >= 11 is 0. The minimum Gasteiger partial charge on any atom is -0.305 e. The van der Waals surface area contributed by atoms with Crippen molar-refractivity contribution in [2.24, 2.45) is 22.7 Å². The van der Waals surface area contributed by atoms with E-state index in [4.69, 9.17) is 6.42 Å². The predicted molar refractivity (Wildman–Crippen MR) is 86.4 cm³/mol. The maximum atomic E-state index is 5.29. The average molecular weight is 262 g/mol. The summed E-state index contributed by atoms with van der Waals surface area (Å²) in [7, 11) is 2.17. The Morgan fingerprint density at radius 2 is 1.89 bits per heavy atom. The van der Waals surface area contributed by atoms with Crippen LogP contribution in [0.5, 0.6) is 0 Å². The Balaban J connectivity index is 3.92. The molecule has 0 fully saturated rings. The number of nitrogens with zero attached hydrogens (tertiary/aromatic N) is 2. The molecular formula is C17H30N2. The van der Waals surface area contributed by atoms with Gasteiger partial charge >= 0.3 is 0 Å². The Morgan fingerprint density at radius 1 is 1.21 bits per heavy atom. The fourth-order valence-electron chi connectivity index (χ4n) is 1.98. The second kappa shape index (κ2) is 10.8. The normalized spacial score (nSPS) is 15.5. The van der Waals surface area contributed by atoms with Crippen LogP contribution in [0.15, 0.2) is 17.3 Å². The molecular weight excluding hydrogens is 232 g/mol. The van der Waals surface area contributed by atoms with Crippen molar-refractivity contribution in [2.75, 3.05) is 20.1 Å². The highest BCUT2D eigenvalue weighted by atomic mass is 15.1. The predicted octanol–water partition coefficient (Wildman–Crippen LogP) is 3.84. The first-order chi connectivity index (χ1) is 8.95. The molecule has 0 aliphatic heterocycles. The lowest BCUT2D eigenvalue weighted by Crippen LogP contribution is -2.29. The number of hydrogen-bond acceptors (Lipinski definition) is 2. The van der Waals surface area contributed by atoms with Crippen LogP contribution in [0.1, 0.15) is 40.5 Å². The molecule has 0 radical (unpaired) electrons. The van der Waals surface area contributed by atoms with E-state index in [2.05, 4.69) is 56.6 Å². The molecule has 0 unspecified atom stereocenters. The lowest BCUT2D eigenvalue weighted by Gasteiger charge is -2.22. The van der Waals surface area contributed by atoms with Gasteiger partial charge in [0.1, 0.15) is 0 Å². The zero-order chi connectivity index (χ0) is 14.7. The molecule has 0 bridgehead atoms. The van der Waals surface area contributed by atoms with E-state index in [-0.39, 0.29) is 0 Å². The zero-order valence-electron chi connectivity index (χ0n) is 13.3. The average Bonchev–Trinajstić information content (AvgIpc) is 2.31. The van der Waals surface area contributed by atoms with Crippen molar-refractivity contribution < 1.29 is 0 Å². The maximum Gasteiger partial charge on any atom is 0.0226 e. The van der Waals surface area contributed by atoms with Gasteiger partial charge in [0.15, 0.2) is 0 Å². The van der Waals surface area contributed by atoms with Crippen molar-refractivity contribution in [1.82, 2.24) is 4.90 Å². The Labute approximate surface area is 120 Å². The largest absolute Gasteiger partial charge is 0.305 e. The molecule has 0 heterocycles. The number of hydrogen-bond donors (Lipinski definition) is 0. The van der Waals surface area contributed by atoms with E-state index < -0.39 is 0 Å². The summed E-state index contributed by atoms with van der Waals surface area (Å²) in [5, 5.41) is 0. The lowest BCUT2D eigenvalue weighted by atomic mass is 10.0. The Kier molecular flexibility index (Phi) is 10.2. The highest BCUT2D eigenvalue weighted by Crippen LogP contribution is 2.07. The van der Waals surface area contributed by atoms with E-state index in [1.54, 1.807) is 0 Å². The van der Waals surface area contributed by atoms with Gasteiger partial charge in [-0.05, 0) is 25.3 Å². The van der Waals surface area contributed by atoms with Crippen LogP contribution in [0, 0.1) is 30.1 Å². The minimum atomic E-state index is 0.474. The number of terminal acetylenes is 1. The summed E-state index contributed by atoms with van der Waals surface area (Å²) in [5.41, 5.74) is 0. The second-order valence-electron chi connectivity index (χ2n) is 5.93.